The number of nitrogens with one attached hydrogen (secondary N) is 1. The molecule has 0 aliphatic rings. The largest absolute Gasteiger partial charge is 0.377 e. The molecule has 0 heterocycles. The zero-order chi connectivity index (χ0) is 13.8. The monoisotopic (exact) mass is 281 g/mol. The second kappa shape index (κ2) is 6.02. The Morgan fingerprint density at radius 1 is 1.05 bits per heavy atom. The number of hydrogen-bond donors (Lipinski definition) is 1. The Morgan fingerprint density at radius 2 is 1.68 bits per heavy atom. The normalized spacial score (nSPS) is 12.2. The fourth-order valence-electron chi connectivity index (χ4n) is 1.91. The predicted molar refractivity (Wildman–Crippen MR) is 74.5 cm³/mol. The molecule has 1 nitrogen and oxygen atoms in total. The van der Waals surface area contributed by atoms with Crippen molar-refractivity contribution < 1.29 is 8.78 Å². The van der Waals surface area contributed by atoms with Crippen LogP contribution in [0, 0.1) is 11.6 Å². The Bertz CT molecular complexity index is 555. The molecule has 0 aromatic heterocycles. The van der Waals surface area contributed by atoms with Crippen LogP contribution in [0.1, 0.15) is 24.9 Å². The highest BCUT2D eigenvalue weighted by atomic mass is 35.5. The molecule has 1 N–H and O–H groups in total. The number of hydrogen-bond acceptors (Lipinski definition) is 1. The van der Waals surface area contributed by atoms with Gasteiger partial charge in [-0.25, -0.2) is 8.78 Å². The molecule has 0 bridgehead atoms. The summed E-state index contributed by atoms with van der Waals surface area (Å²) < 4.78 is 26.1. The summed E-state index contributed by atoms with van der Waals surface area (Å²) in [6.45, 7) is 1.99. The fourth-order valence-corrected chi connectivity index (χ4v) is 2.08. The summed E-state index contributed by atoms with van der Waals surface area (Å²) in [7, 11) is 0. The van der Waals surface area contributed by atoms with Crippen molar-refractivity contribution in [2.24, 2.45) is 0 Å². The van der Waals surface area contributed by atoms with Gasteiger partial charge in [-0.2, -0.15) is 0 Å². The van der Waals surface area contributed by atoms with E-state index in [-0.39, 0.29) is 17.7 Å². The second-order valence-electron chi connectivity index (χ2n) is 4.28. The van der Waals surface area contributed by atoms with Gasteiger partial charge in [-0.05, 0) is 42.3 Å². The lowest BCUT2D eigenvalue weighted by Gasteiger charge is -2.19. The van der Waals surface area contributed by atoms with Gasteiger partial charge < -0.3 is 5.32 Å². The van der Waals surface area contributed by atoms with E-state index in [0.29, 0.717) is 10.7 Å². The van der Waals surface area contributed by atoms with E-state index >= 15 is 0 Å². The molecule has 0 radical (unpaired) electrons. The van der Waals surface area contributed by atoms with Crippen molar-refractivity contribution in [3.8, 4) is 0 Å². The van der Waals surface area contributed by atoms with Crippen LogP contribution in [-0.2, 0) is 0 Å². The Balaban J connectivity index is 2.23. The van der Waals surface area contributed by atoms with E-state index in [0.717, 1.165) is 12.0 Å². The van der Waals surface area contributed by atoms with E-state index in [1.54, 1.807) is 12.1 Å². The Morgan fingerprint density at radius 3 is 2.32 bits per heavy atom. The predicted octanol–water partition coefficient (Wildman–Crippen LogP) is 5.18. The van der Waals surface area contributed by atoms with E-state index in [1.807, 2.05) is 6.92 Å². The van der Waals surface area contributed by atoms with Crippen molar-refractivity contribution >= 4 is 17.3 Å². The van der Waals surface area contributed by atoms with Gasteiger partial charge in [-0.3, -0.25) is 0 Å². The molecule has 0 spiro atoms. The minimum atomic E-state index is -0.346. The standard InChI is InChI=1S/C15H14ClF2N/c1-2-14(10-3-5-11(17)6-4-10)19-15-9-12(18)7-8-13(15)16/h3-9,14,19H,2H2,1H3. The molecule has 0 aliphatic carbocycles. The first-order chi connectivity index (χ1) is 9.10. The van der Waals surface area contributed by atoms with Gasteiger partial charge in [0, 0.05) is 0 Å². The zero-order valence-electron chi connectivity index (χ0n) is 10.5. The molecule has 0 aliphatic heterocycles. The molecule has 0 fully saturated rings. The van der Waals surface area contributed by atoms with E-state index in [4.69, 9.17) is 11.6 Å². The molecule has 2 aromatic carbocycles. The van der Waals surface area contributed by atoms with Crippen LogP contribution < -0.4 is 5.32 Å². The molecule has 4 heteroatoms. The lowest BCUT2D eigenvalue weighted by atomic mass is 10.0. The molecule has 1 atom stereocenters. The average Bonchev–Trinajstić information content (AvgIpc) is 2.41. The zero-order valence-corrected chi connectivity index (χ0v) is 11.2. The third-order valence-electron chi connectivity index (χ3n) is 2.94. The summed E-state index contributed by atoms with van der Waals surface area (Å²) in [6, 6.07) is 10.4. The van der Waals surface area contributed by atoms with Crippen molar-refractivity contribution in [3.63, 3.8) is 0 Å². The number of rotatable bonds is 4. The highest BCUT2D eigenvalue weighted by molar-refractivity contribution is 6.33. The van der Waals surface area contributed by atoms with Crippen molar-refractivity contribution in [2.75, 3.05) is 5.32 Å². The summed E-state index contributed by atoms with van der Waals surface area (Å²) >= 11 is 6.02. The summed E-state index contributed by atoms with van der Waals surface area (Å²) in [5.41, 5.74) is 1.47. The molecule has 2 aromatic rings. The fraction of sp³-hybridized carbons (Fsp3) is 0.200. The molecular formula is C15H14ClF2N. The molecule has 100 valence electrons. The van der Waals surface area contributed by atoms with Crippen LogP contribution in [0.15, 0.2) is 42.5 Å². The maximum Gasteiger partial charge on any atom is 0.125 e. The first kappa shape index (κ1) is 13.8. The van der Waals surface area contributed by atoms with Crippen LogP contribution in [0.5, 0.6) is 0 Å². The number of halogens is 3. The topological polar surface area (TPSA) is 12.0 Å². The third-order valence-corrected chi connectivity index (χ3v) is 3.27. The Labute approximate surface area is 116 Å². The summed E-state index contributed by atoms with van der Waals surface area (Å²) in [6.07, 6.45) is 0.776. The van der Waals surface area contributed by atoms with Gasteiger partial charge in [-0.15, -0.1) is 0 Å². The highest BCUT2D eigenvalue weighted by Gasteiger charge is 2.11. The van der Waals surface area contributed by atoms with Crippen LogP contribution in [0.2, 0.25) is 5.02 Å². The first-order valence-corrected chi connectivity index (χ1v) is 6.45. The average molecular weight is 282 g/mol. The van der Waals surface area contributed by atoms with Crippen molar-refractivity contribution in [2.45, 2.75) is 19.4 Å². The van der Waals surface area contributed by atoms with Gasteiger partial charge in [0.25, 0.3) is 0 Å². The number of benzene rings is 2. The lowest BCUT2D eigenvalue weighted by molar-refractivity contribution is 0.624. The quantitative estimate of drug-likeness (QED) is 0.814. The van der Waals surface area contributed by atoms with E-state index in [1.165, 1.54) is 30.3 Å². The smallest absolute Gasteiger partial charge is 0.125 e. The molecular weight excluding hydrogens is 268 g/mol. The molecule has 1 unspecified atom stereocenters. The summed E-state index contributed by atoms with van der Waals surface area (Å²) in [5, 5.41) is 3.64. The van der Waals surface area contributed by atoms with Crippen molar-refractivity contribution in [3.05, 3.63) is 64.7 Å². The number of anilines is 1. The first-order valence-electron chi connectivity index (χ1n) is 6.07. The lowest BCUT2D eigenvalue weighted by Crippen LogP contribution is -2.10. The van der Waals surface area contributed by atoms with Gasteiger partial charge in [0.15, 0.2) is 0 Å². The maximum absolute atomic E-state index is 13.2. The maximum atomic E-state index is 13.2. The van der Waals surface area contributed by atoms with Crippen LogP contribution in [0.4, 0.5) is 14.5 Å². The van der Waals surface area contributed by atoms with Gasteiger partial charge in [-0.1, -0.05) is 30.7 Å². The molecule has 0 saturated heterocycles. The molecule has 0 saturated carbocycles. The third kappa shape index (κ3) is 3.44. The minimum absolute atomic E-state index is 0.0418. The van der Waals surface area contributed by atoms with Crippen LogP contribution in [-0.4, -0.2) is 0 Å². The molecule has 0 amide bonds. The van der Waals surface area contributed by atoms with Gasteiger partial charge >= 0.3 is 0 Å². The van der Waals surface area contributed by atoms with Crippen molar-refractivity contribution in [1.29, 1.82) is 0 Å². The molecule has 2 rings (SSSR count). The van der Waals surface area contributed by atoms with Crippen LogP contribution in [0.25, 0.3) is 0 Å². The van der Waals surface area contributed by atoms with Crippen molar-refractivity contribution in [1.82, 2.24) is 0 Å². The summed E-state index contributed by atoms with van der Waals surface area (Å²) in [5.74, 6) is -0.622. The van der Waals surface area contributed by atoms with Gasteiger partial charge in [0.05, 0.1) is 16.8 Å². The SMILES string of the molecule is CCC(Nc1cc(F)ccc1Cl)c1ccc(F)cc1. The minimum Gasteiger partial charge on any atom is -0.377 e. The summed E-state index contributed by atoms with van der Waals surface area (Å²) in [4.78, 5) is 0. The van der Waals surface area contributed by atoms with E-state index < -0.39 is 0 Å². The van der Waals surface area contributed by atoms with E-state index in [2.05, 4.69) is 5.32 Å². The second-order valence-corrected chi connectivity index (χ2v) is 4.69. The Hall–Kier alpha value is -1.61. The van der Waals surface area contributed by atoms with E-state index in [9.17, 15) is 8.78 Å². The van der Waals surface area contributed by atoms with Gasteiger partial charge in [0.2, 0.25) is 0 Å². The Kier molecular flexibility index (Phi) is 4.38. The van der Waals surface area contributed by atoms with Crippen LogP contribution >= 0.6 is 11.6 Å². The van der Waals surface area contributed by atoms with Gasteiger partial charge in [0.1, 0.15) is 11.6 Å². The molecule has 19 heavy (non-hydrogen) atoms. The van der Waals surface area contributed by atoms with Crippen LogP contribution in [0.3, 0.4) is 0 Å². The highest BCUT2D eigenvalue weighted by Crippen LogP contribution is 2.28.